The zero-order valence-corrected chi connectivity index (χ0v) is 14.4. The number of anilines is 1. The van der Waals surface area contributed by atoms with Gasteiger partial charge >= 0.3 is 5.97 Å². The van der Waals surface area contributed by atoms with Crippen molar-refractivity contribution in [2.45, 2.75) is 37.6 Å². The zero-order chi connectivity index (χ0) is 18.2. The summed E-state index contributed by atoms with van der Waals surface area (Å²) >= 11 is 0. The van der Waals surface area contributed by atoms with Crippen molar-refractivity contribution in [1.29, 1.82) is 0 Å². The number of nitrogens with zero attached hydrogens (tertiary/aromatic N) is 2. The predicted molar refractivity (Wildman–Crippen MR) is 91.7 cm³/mol. The van der Waals surface area contributed by atoms with Crippen LogP contribution >= 0.6 is 0 Å². The number of aliphatic carboxylic acids is 1. The molecule has 1 aliphatic rings. The van der Waals surface area contributed by atoms with Crippen LogP contribution in [-0.4, -0.2) is 33.9 Å². The molecule has 1 saturated carbocycles. The van der Waals surface area contributed by atoms with Gasteiger partial charge in [-0.1, -0.05) is 18.2 Å². The highest BCUT2D eigenvalue weighted by Crippen LogP contribution is 2.51. The Morgan fingerprint density at radius 2 is 2.00 bits per heavy atom. The number of methoxy groups -OCH3 is 1. The molecule has 0 radical (unpaired) electrons. The molecule has 0 atom stereocenters. The van der Waals surface area contributed by atoms with E-state index in [4.69, 9.17) is 4.74 Å². The maximum Gasteiger partial charge on any atom is 0.331 e. The number of benzene rings is 1. The van der Waals surface area contributed by atoms with Crippen LogP contribution in [0, 0.1) is 0 Å². The summed E-state index contributed by atoms with van der Waals surface area (Å²) in [5.41, 5.74) is -0.450. The largest absolute Gasteiger partial charge is 0.496 e. The van der Waals surface area contributed by atoms with Crippen LogP contribution in [0.3, 0.4) is 0 Å². The zero-order valence-electron chi connectivity index (χ0n) is 14.4. The third-order valence-corrected chi connectivity index (χ3v) is 4.74. The summed E-state index contributed by atoms with van der Waals surface area (Å²) in [6, 6.07) is 7.51. The predicted octanol–water partition coefficient (Wildman–Crippen LogP) is 2.38. The van der Waals surface area contributed by atoms with Crippen LogP contribution in [-0.2, 0) is 20.5 Å². The second kappa shape index (κ2) is 5.91. The number of aromatic nitrogens is 2. The lowest BCUT2D eigenvalue weighted by Crippen LogP contribution is -2.36. The number of amides is 1. The van der Waals surface area contributed by atoms with Gasteiger partial charge in [0.25, 0.3) is 0 Å². The summed E-state index contributed by atoms with van der Waals surface area (Å²) in [5.74, 6) is -0.441. The Morgan fingerprint density at radius 3 is 2.60 bits per heavy atom. The van der Waals surface area contributed by atoms with E-state index in [0.717, 1.165) is 18.4 Å². The normalized spacial score (nSPS) is 15.5. The summed E-state index contributed by atoms with van der Waals surface area (Å²) in [6.45, 7) is 3.09. The molecule has 1 amide bonds. The number of ether oxygens (including phenoxy) is 1. The van der Waals surface area contributed by atoms with E-state index in [1.165, 1.54) is 17.1 Å². The van der Waals surface area contributed by atoms with Gasteiger partial charge in [0.1, 0.15) is 5.75 Å². The van der Waals surface area contributed by atoms with Gasteiger partial charge in [0.05, 0.1) is 24.4 Å². The topological polar surface area (TPSA) is 93.5 Å². The summed E-state index contributed by atoms with van der Waals surface area (Å²) in [4.78, 5) is 24.2. The van der Waals surface area contributed by atoms with E-state index in [2.05, 4.69) is 10.4 Å². The van der Waals surface area contributed by atoms with Crippen molar-refractivity contribution in [3.8, 4) is 5.75 Å². The molecule has 7 heteroatoms. The average molecular weight is 343 g/mol. The first-order chi connectivity index (χ1) is 11.8. The van der Waals surface area contributed by atoms with Gasteiger partial charge in [0.2, 0.25) is 5.91 Å². The molecule has 1 heterocycles. The number of carbonyl (C=O) groups is 2. The molecule has 7 nitrogen and oxygen atoms in total. The number of carboxylic acid groups (broad SMARTS) is 1. The fourth-order valence-corrected chi connectivity index (χ4v) is 2.83. The lowest BCUT2D eigenvalue weighted by molar-refractivity contribution is -0.146. The fraction of sp³-hybridized carbons (Fsp3) is 0.389. The summed E-state index contributed by atoms with van der Waals surface area (Å²) in [5, 5.41) is 16.2. The molecule has 0 spiro atoms. The Balaban J connectivity index is 1.82. The Hall–Kier alpha value is -2.83. The Kier molecular flexibility index (Phi) is 4.02. The molecule has 1 aliphatic carbocycles. The Bertz CT molecular complexity index is 821. The van der Waals surface area contributed by atoms with Crippen molar-refractivity contribution in [2.75, 3.05) is 12.4 Å². The number of rotatable bonds is 6. The van der Waals surface area contributed by atoms with Crippen LogP contribution in [0.1, 0.15) is 32.3 Å². The Labute approximate surface area is 145 Å². The number of carboxylic acids is 1. The minimum atomic E-state index is -1.19. The monoisotopic (exact) mass is 343 g/mol. The van der Waals surface area contributed by atoms with Gasteiger partial charge in [-0.3, -0.25) is 9.48 Å². The van der Waals surface area contributed by atoms with Crippen LogP contribution in [0.4, 0.5) is 5.69 Å². The summed E-state index contributed by atoms with van der Waals surface area (Å²) < 4.78 is 6.71. The maximum atomic E-state index is 12.8. The molecule has 1 fully saturated rings. The van der Waals surface area contributed by atoms with Crippen LogP contribution in [0.15, 0.2) is 36.7 Å². The van der Waals surface area contributed by atoms with E-state index in [-0.39, 0.29) is 5.91 Å². The number of nitrogens with one attached hydrogen (secondary N) is 1. The first kappa shape index (κ1) is 17.0. The number of carbonyl (C=O) groups excluding carboxylic acids is 1. The molecule has 1 aromatic heterocycles. The lowest BCUT2D eigenvalue weighted by atomic mass is 9.94. The second-order valence-electron chi connectivity index (χ2n) is 6.77. The maximum absolute atomic E-state index is 12.8. The molecule has 2 aromatic rings. The summed E-state index contributed by atoms with van der Waals surface area (Å²) in [7, 11) is 1.59. The Morgan fingerprint density at radius 1 is 1.32 bits per heavy atom. The first-order valence-corrected chi connectivity index (χ1v) is 8.05. The minimum absolute atomic E-state index is 0.135. The van der Waals surface area contributed by atoms with Gasteiger partial charge < -0.3 is 15.2 Å². The standard InChI is InChI=1S/C18H21N3O4/c1-17(2,16(23)24)21-11-12(10-19-21)20-15(22)18(8-9-18)13-6-4-5-7-14(13)25-3/h4-7,10-11H,8-9H2,1-3H3,(H,20,22)(H,23,24). The van der Waals surface area contributed by atoms with E-state index in [1.807, 2.05) is 24.3 Å². The van der Waals surface area contributed by atoms with E-state index in [0.29, 0.717) is 11.4 Å². The molecule has 1 aromatic carbocycles. The number of para-hydroxylation sites is 1. The quantitative estimate of drug-likeness (QED) is 0.840. The van der Waals surface area contributed by atoms with Crippen molar-refractivity contribution in [3.63, 3.8) is 0 Å². The van der Waals surface area contributed by atoms with Gasteiger partial charge in [-0.15, -0.1) is 0 Å². The smallest absolute Gasteiger partial charge is 0.331 e. The summed E-state index contributed by atoms with van der Waals surface area (Å²) in [6.07, 6.45) is 4.48. The molecule has 132 valence electrons. The fourth-order valence-electron chi connectivity index (χ4n) is 2.83. The SMILES string of the molecule is COc1ccccc1C1(C(=O)Nc2cnn(C(C)(C)C(=O)O)c2)CC1. The van der Waals surface area contributed by atoms with Crippen molar-refractivity contribution in [1.82, 2.24) is 9.78 Å². The highest BCUT2D eigenvalue weighted by atomic mass is 16.5. The molecular formula is C18H21N3O4. The molecule has 0 unspecified atom stereocenters. The third-order valence-electron chi connectivity index (χ3n) is 4.74. The van der Waals surface area contributed by atoms with Crippen molar-refractivity contribution >= 4 is 17.6 Å². The third kappa shape index (κ3) is 2.86. The van der Waals surface area contributed by atoms with Crippen LogP contribution in [0.2, 0.25) is 0 Å². The molecule has 25 heavy (non-hydrogen) atoms. The van der Waals surface area contributed by atoms with Gasteiger partial charge in [-0.2, -0.15) is 5.10 Å². The van der Waals surface area contributed by atoms with Crippen molar-refractivity contribution < 1.29 is 19.4 Å². The van der Waals surface area contributed by atoms with E-state index >= 15 is 0 Å². The van der Waals surface area contributed by atoms with Crippen molar-refractivity contribution in [2.24, 2.45) is 0 Å². The van der Waals surface area contributed by atoms with Crippen LogP contribution in [0.5, 0.6) is 5.75 Å². The highest BCUT2D eigenvalue weighted by Gasteiger charge is 2.52. The number of hydrogen-bond acceptors (Lipinski definition) is 4. The molecule has 0 bridgehead atoms. The van der Waals surface area contributed by atoms with E-state index < -0.39 is 16.9 Å². The lowest BCUT2D eigenvalue weighted by Gasteiger charge is -2.19. The van der Waals surface area contributed by atoms with Gasteiger partial charge in [-0.25, -0.2) is 4.79 Å². The molecule has 0 aliphatic heterocycles. The average Bonchev–Trinajstić information content (AvgIpc) is 3.27. The molecule has 2 N–H and O–H groups in total. The molecular weight excluding hydrogens is 322 g/mol. The molecule has 0 saturated heterocycles. The molecule has 3 rings (SSSR count). The highest BCUT2D eigenvalue weighted by molar-refractivity contribution is 6.01. The van der Waals surface area contributed by atoms with Crippen LogP contribution < -0.4 is 10.1 Å². The van der Waals surface area contributed by atoms with Gasteiger partial charge in [0.15, 0.2) is 5.54 Å². The van der Waals surface area contributed by atoms with E-state index in [9.17, 15) is 14.7 Å². The first-order valence-electron chi connectivity index (χ1n) is 8.05. The van der Waals surface area contributed by atoms with Gasteiger partial charge in [-0.05, 0) is 32.8 Å². The minimum Gasteiger partial charge on any atom is -0.496 e. The number of hydrogen-bond donors (Lipinski definition) is 2. The van der Waals surface area contributed by atoms with Crippen molar-refractivity contribution in [3.05, 3.63) is 42.2 Å². The van der Waals surface area contributed by atoms with E-state index in [1.54, 1.807) is 21.0 Å². The van der Waals surface area contributed by atoms with Crippen LogP contribution in [0.25, 0.3) is 0 Å². The second-order valence-corrected chi connectivity index (χ2v) is 6.77. The van der Waals surface area contributed by atoms with Gasteiger partial charge in [0, 0.05) is 11.8 Å².